The second-order valence-electron chi connectivity index (χ2n) is 3.57. The Bertz CT molecular complexity index is 646. The van der Waals surface area contributed by atoms with Crippen LogP contribution in [0.3, 0.4) is 0 Å². The minimum atomic E-state index is -4.66. The van der Waals surface area contributed by atoms with Crippen LogP contribution < -0.4 is 11.3 Å². The minimum absolute atomic E-state index is 0.0189. The van der Waals surface area contributed by atoms with E-state index in [0.717, 1.165) is 7.05 Å². The molecule has 7 heteroatoms. The number of fused-ring (bicyclic) bond motifs is 1. The Hall–Kier alpha value is -2.05. The first kappa shape index (κ1) is 11.4. The van der Waals surface area contributed by atoms with Gasteiger partial charge >= 0.3 is 6.18 Å². The quantitative estimate of drug-likeness (QED) is 0.714. The molecule has 1 aromatic carbocycles. The van der Waals surface area contributed by atoms with Crippen LogP contribution in [0.15, 0.2) is 23.0 Å². The lowest BCUT2D eigenvalue weighted by atomic mass is 10.2. The van der Waals surface area contributed by atoms with Crippen molar-refractivity contribution in [2.24, 2.45) is 7.05 Å². The van der Waals surface area contributed by atoms with Crippen LogP contribution in [-0.4, -0.2) is 9.55 Å². The summed E-state index contributed by atoms with van der Waals surface area (Å²) in [5.74, 6) is -1.22. The molecule has 0 fully saturated rings. The molecule has 90 valence electrons. The highest BCUT2D eigenvalue weighted by atomic mass is 19.4. The summed E-state index contributed by atoms with van der Waals surface area (Å²) in [6, 6.07) is 4.00. The molecule has 1 aromatic heterocycles. The molecule has 0 amide bonds. The maximum absolute atomic E-state index is 12.6. The molecule has 2 N–H and O–H groups in total. The Balaban J connectivity index is 2.90. The third-order valence-electron chi connectivity index (χ3n) is 2.35. The first-order valence-electron chi connectivity index (χ1n) is 4.64. The van der Waals surface area contributed by atoms with E-state index in [1.54, 1.807) is 0 Å². The van der Waals surface area contributed by atoms with Gasteiger partial charge in [-0.3, -0.25) is 9.36 Å². The number of aromatic nitrogens is 2. The SMILES string of the molecule is Cn1c(C(F)(F)F)nc2ccc(N)cc2c1=O. The molecular weight excluding hydrogens is 235 g/mol. The topological polar surface area (TPSA) is 60.9 Å². The zero-order valence-electron chi connectivity index (χ0n) is 8.75. The van der Waals surface area contributed by atoms with E-state index in [0.29, 0.717) is 10.3 Å². The maximum Gasteiger partial charge on any atom is 0.449 e. The monoisotopic (exact) mass is 243 g/mol. The molecule has 0 aliphatic heterocycles. The fourth-order valence-corrected chi connectivity index (χ4v) is 1.54. The van der Waals surface area contributed by atoms with Crippen LogP contribution in [0.4, 0.5) is 18.9 Å². The van der Waals surface area contributed by atoms with Crippen LogP contribution in [0.25, 0.3) is 10.9 Å². The van der Waals surface area contributed by atoms with Crippen molar-refractivity contribution in [3.05, 3.63) is 34.4 Å². The molecule has 0 aliphatic rings. The summed E-state index contributed by atoms with van der Waals surface area (Å²) in [5.41, 5.74) is 4.98. The minimum Gasteiger partial charge on any atom is -0.399 e. The Morgan fingerprint density at radius 1 is 1.35 bits per heavy atom. The standard InChI is InChI=1S/C10H8F3N3O/c1-16-8(17)6-4-5(14)2-3-7(6)15-9(16)10(11,12)13/h2-4H,14H2,1H3. The number of benzene rings is 1. The molecule has 0 spiro atoms. The number of nitrogens with two attached hydrogens (primary N) is 1. The second kappa shape index (κ2) is 3.47. The van der Waals surface area contributed by atoms with Crippen molar-refractivity contribution in [2.45, 2.75) is 6.18 Å². The van der Waals surface area contributed by atoms with Gasteiger partial charge in [0, 0.05) is 12.7 Å². The number of rotatable bonds is 0. The molecule has 0 unspecified atom stereocenters. The number of nitrogens with zero attached hydrogens (tertiary/aromatic N) is 2. The van der Waals surface area contributed by atoms with E-state index in [2.05, 4.69) is 4.98 Å². The van der Waals surface area contributed by atoms with Crippen molar-refractivity contribution in [3.8, 4) is 0 Å². The van der Waals surface area contributed by atoms with Crippen LogP contribution in [0.2, 0.25) is 0 Å². The zero-order chi connectivity index (χ0) is 12.8. The van der Waals surface area contributed by atoms with Gasteiger partial charge in [-0.2, -0.15) is 13.2 Å². The van der Waals surface area contributed by atoms with Gasteiger partial charge in [-0.1, -0.05) is 0 Å². The highest BCUT2D eigenvalue weighted by Gasteiger charge is 2.36. The molecule has 0 bridgehead atoms. The van der Waals surface area contributed by atoms with Gasteiger partial charge in [-0.25, -0.2) is 4.98 Å². The van der Waals surface area contributed by atoms with Crippen LogP contribution in [0.1, 0.15) is 5.82 Å². The summed E-state index contributed by atoms with van der Waals surface area (Å²) in [6.45, 7) is 0. The van der Waals surface area contributed by atoms with Crippen molar-refractivity contribution in [1.29, 1.82) is 0 Å². The zero-order valence-corrected chi connectivity index (χ0v) is 8.75. The molecule has 0 atom stereocenters. The van der Waals surface area contributed by atoms with E-state index in [9.17, 15) is 18.0 Å². The third-order valence-corrected chi connectivity index (χ3v) is 2.35. The first-order valence-corrected chi connectivity index (χ1v) is 4.64. The molecule has 0 saturated heterocycles. The molecule has 0 saturated carbocycles. The van der Waals surface area contributed by atoms with Crippen molar-refractivity contribution in [1.82, 2.24) is 9.55 Å². The smallest absolute Gasteiger partial charge is 0.399 e. The molecular formula is C10H8F3N3O. The molecule has 2 aromatic rings. The summed E-state index contributed by atoms with van der Waals surface area (Å²) < 4.78 is 38.2. The summed E-state index contributed by atoms with van der Waals surface area (Å²) in [4.78, 5) is 15.1. The maximum atomic E-state index is 12.6. The predicted octanol–water partition coefficient (Wildman–Crippen LogP) is 1.53. The van der Waals surface area contributed by atoms with Gasteiger partial charge in [0.05, 0.1) is 10.9 Å². The fraction of sp³-hybridized carbons (Fsp3) is 0.200. The molecule has 1 heterocycles. The molecule has 0 radical (unpaired) electrons. The highest BCUT2D eigenvalue weighted by molar-refractivity contribution is 5.81. The largest absolute Gasteiger partial charge is 0.449 e. The normalized spacial score (nSPS) is 12.0. The Labute approximate surface area is 93.5 Å². The average molecular weight is 243 g/mol. The lowest BCUT2D eigenvalue weighted by Crippen LogP contribution is -2.27. The van der Waals surface area contributed by atoms with E-state index in [4.69, 9.17) is 5.73 Å². The van der Waals surface area contributed by atoms with E-state index in [1.165, 1.54) is 18.2 Å². The fourth-order valence-electron chi connectivity index (χ4n) is 1.54. The Kier molecular flexibility index (Phi) is 2.34. The summed E-state index contributed by atoms with van der Waals surface area (Å²) in [6.07, 6.45) is -4.66. The van der Waals surface area contributed by atoms with Crippen LogP contribution in [0, 0.1) is 0 Å². The number of nitrogen functional groups attached to an aromatic ring is 1. The lowest BCUT2D eigenvalue weighted by molar-refractivity contribution is -0.147. The van der Waals surface area contributed by atoms with Crippen molar-refractivity contribution in [2.75, 3.05) is 5.73 Å². The van der Waals surface area contributed by atoms with Gasteiger partial charge in [0.2, 0.25) is 5.82 Å². The van der Waals surface area contributed by atoms with Crippen LogP contribution in [0.5, 0.6) is 0 Å². The number of anilines is 1. The van der Waals surface area contributed by atoms with Gasteiger partial charge in [0.15, 0.2) is 0 Å². The van der Waals surface area contributed by atoms with Gasteiger partial charge in [-0.05, 0) is 18.2 Å². The highest BCUT2D eigenvalue weighted by Crippen LogP contribution is 2.27. The van der Waals surface area contributed by atoms with Crippen molar-refractivity contribution >= 4 is 16.6 Å². The number of hydrogen-bond donors (Lipinski definition) is 1. The van der Waals surface area contributed by atoms with E-state index < -0.39 is 17.6 Å². The second-order valence-corrected chi connectivity index (χ2v) is 3.57. The number of hydrogen-bond acceptors (Lipinski definition) is 3. The third kappa shape index (κ3) is 1.83. The van der Waals surface area contributed by atoms with Gasteiger partial charge in [-0.15, -0.1) is 0 Å². The summed E-state index contributed by atoms with van der Waals surface area (Å²) in [5, 5.41) is 0.0699. The lowest BCUT2D eigenvalue weighted by Gasteiger charge is -2.11. The van der Waals surface area contributed by atoms with Gasteiger partial charge < -0.3 is 5.73 Å². The first-order chi connectivity index (χ1) is 7.80. The average Bonchev–Trinajstić information content (AvgIpc) is 2.22. The predicted molar refractivity (Wildman–Crippen MR) is 56.4 cm³/mol. The molecule has 0 aliphatic carbocycles. The molecule has 2 rings (SSSR count). The van der Waals surface area contributed by atoms with Crippen LogP contribution in [-0.2, 0) is 13.2 Å². The van der Waals surface area contributed by atoms with Gasteiger partial charge in [0.1, 0.15) is 0 Å². The van der Waals surface area contributed by atoms with Crippen molar-refractivity contribution < 1.29 is 13.2 Å². The molecule has 4 nitrogen and oxygen atoms in total. The van der Waals surface area contributed by atoms with Crippen molar-refractivity contribution in [3.63, 3.8) is 0 Å². The summed E-state index contributed by atoms with van der Waals surface area (Å²) in [7, 11) is 1.03. The van der Waals surface area contributed by atoms with Crippen LogP contribution >= 0.6 is 0 Å². The van der Waals surface area contributed by atoms with E-state index in [-0.39, 0.29) is 10.9 Å². The van der Waals surface area contributed by atoms with E-state index >= 15 is 0 Å². The van der Waals surface area contributed by atoms with Gasteiger partial charge in [0.25, 0.3) is 5.56 Å². The molecule has 17 heavy (non-hydrogen) atoms. The van der Waals surface area contributed by atoms with E-state index in [1.807, 2.05) is 0 Å². The number of alkyl halides is 3. The number of halogens is 3. The Morgan fingerprint density at radius 3 is 2.59 bits per heavy atom. The Morgan fingerprint density at radius 2 is 2.00 bits per heavy atom. The summed E-state index contributed by atoms with van der Waals surface area (Å²) >= 11 is 0.